The Bertz CT molecular complexity index is 2440. The van der Waals surface area contributed by atoms with E-state index in [1.807, 2.05) is 0 Å². The van der Waals surface area contributed by atoms with Crippen LogP contribution in [-0.2, 0) is 20.4 Å². The van der Waals surface area contributed by atoms with E-state index in [1.54, 1.807) is 0 Å². The van der Waals surface area contributed by atoms with Crippen LogP contribution in [0.1, 0.15) is 85.9 Å². The van der Waals surface area contributed by atoms with Gasteiger partial charge in [-0.3, -0.25) is 0 Å². The van der Waals surface area contributed by atoms with Gasteiger partial charge in [0.25, 0.3) is 0 Å². The number of benzene rings is 4. The van der Waals surface area contributed by atoms with E-state index in [4.69, 9.17) is 32.0 Å². The van der Waals surface area contributed by atoms with Crippen molar-refractivity contribution in [1.82, 2.24) is 0 Å². The summed E-state index contributed by atoms with van der Waals surface area (Å²) in [4.78, 5) is 0. The minimum absolute atomic E-state index is 0.251. The molecule has 55 heavy (non-hydrogen) atoms. The summed E-state index contributed by atoms with van der Waals surface area (Å²) in [5.41, 5.74) is 20.3. The molecule has 6 aromatic rings. The second-order valence-electron chi connectivity index (χ2n) is 16.2. The van der Waals surface area contributed by atoms with E-state index in [9.17, 15) is 0 Å². The number of aryl methyl sites for hydroxylation is 6. The van der Waals surface area contributed by atoms with Crippen molar-refractivity contribution in [2.24, 2.45) is 0 Å². The summed E-state index contributed by atoms with van der Waals surface area (Å²) in [5, 5.41) is 0. The number of hydrogen-bond acceptors (Lipinski definition) is 2. The standard InChI is InChI=1S/2C23H21O.C3H4Cl2Si.Zr/c2*1-14-10-19-12-20(22-11-15(2)17(4)24-22)13-21(19)23(16(14)3)18-8-6-5-7-9-18;4-3(5)1-6-2-3;/h2*5-13H,1-4H3;1-2H2;. The van der Waals surface area contributed by atoms with Crippen molar-refractivity contribution in [2.45, 2.75) is 79.1 Å². The van der Waals surface area contributed by atoms with Crippen molar-refractivity contribution in [3.63, 3.8) is 0 Å². The molecule has 2 aliphatic carbocycles. The van der Waals surface area contributed by atoms with Crippen molar-refractivity contribution < 1.29 is 29.2 Å². The molecule has 0 N–H and O–H groups in total. The Kier molecular flexibility index (Phi) is 9.41. The SMILES string of the molecule is Cc1cc(C2=Cc3c(cc(C)c(C)c3-c3ccccc3)[CH]2[Zr]([CH]2C(c3cc(C)c(C)o3)=Cc3c2cc(C)c(C)c3-c2ccccc2)=[Si]2CC(Cl)(Cl)C2)oc1C. The van der Waals surface area contributed by atoms with E-state index in [-0.39, 0.29) is 7.25 Å². The van der Waals surface area contributed by atoms with Crippen molar-refractivity contribution in [3.8, 4) is 22.3 Å². The number of furan rings is 2. The van der Waals surface area contributed by atoms with Crippen molar-refractivity contribution in [3.05, 3.63) is 164 Å². The van der Waals surface area contributed by atoms with Gasteiger partial charge in [0.1, 0.15) is 0 Å². The molecule has 3 aliphatic rings. The van der Waals surface area contributed by atoms with Crippen molar-refractivity contribution >= 4 is 51.9 Å². The molecule has 1 fully saturated rings. The first-order chi connectivity index (χ1) is 26.3. The maximum atomic E-state index is 7.07. The number of hydrogen-bond donors (Lipinski definition) is 0. The van der Waals surface area contributed by atoms with Gasteiger partial charge in [-0.25, -0.2) is 0 Å². The van der Waals surface area contributed by atoms with Crippen LogP contribution in [-0.4, -0.2) is 9.77 Å². The monoisotopic (exact) mass is 854 g/mol. The number of alkyl halides is 2. The molecular weight excluding hydrogens is 811 g/mol. The van der Waals surface area contributed by atoms with Gasteiger partial charge in [0.15, 0.2) is 0 Å². The molecule has 0 bridgehead atoms. The Labute approximate surface area is 343 Å². The number of fused-ring (bicyclic) bond motifs is 2. The summed E-state index contributed by atoms with van der Waals surface area (Å²) >= 11 is 11.2. The molecule has 0 radical (unpaired) electrons. The molecule has 2 unspecified atom stereocenters. The molecule has 2 nitrogen and oxygen atoms in total. The van der Waals surface area contributed by atoms with E-state index in [0.717, 1.165) is 35.1 Å². The second-order valence-corrected chi connectivity index (χ2v) is 33.4. The van der Waals surface area contributed by atoms with Gasteiger partial charge in [0, 0.05) is 0 Å². The van der Waals surface area contributed by atoms with Gasteiger partial charge in [-0.2, -0.15) is 0 Å². The molecular formula is C49H46Cl2O2SiZr. The van der Waals surface area contributed by atoms with E-state index in [1.165, 1.54) is 89.0 Å². The number of rotatable bonds is 6. The first kappa shape index (κ1) is 37.2. The normalized spacial score (nSPS) is 18.2. The molecule has 1 saturated heterocycles. The van der Waals surface area contributed by atoms with Gasteiger partial charge in [-0.1, -0.05) is 0 Å². The van der Waals surface area contributed by atoms with E-state index in [0.29, 0.717) is 0 Å². The van der Waals surface area contributed by atoms with Crippen LogP contribution in [0.2, 0.25) is 12.1 Å². The van der Waals surface area contributed by atoms with Gasteiger partial charge < -0.3 is 0 Å². The third-order valence-corrected chi connectivity index (χ3v) is 35.1. The van der Waals surface area contributed by atoms with Crippen molar-refractivity contribution in [2.75, 3.05) is 0 Å². The Hall–Kier alpha value is -3.40. The van der Waals surface area contributed by atoms with Crippen LogP contribution in [0.3, 0.4) is 0 Å². The first-order valence-corrected chi connectivity index (χ1v) is 28.6. The molecule has 2 aromatic heterocycles. The van der Waals surface area contributed by atoms with Gasteiger partial charge in [0.05, 0.1) is 0 Å². The van der Waals surface area contributed by atoms with E-state index in [2.05, 4.69) is 152 Å². The fourth-order valence-electron chi connectivity index (χ4n) is 9.36. The summed E-state index contributed by atoms with van der Waals surface area (Å²) in [6.45, 7) is 17.7. The second kappa shape index (κ2) is 13.9. The van der Waals surface area contributed by atoms with Crippen LogP contribution in [0.15, 0.2) is 93.8 Å². The Morgan fingerprint density at radius 2 is 0.964 bits per heavy atom. The van der Waals surface area contributed by atoms with E-state index >= 15 is 0 Å². The van der Waals surface area contributed by atoms with E-state index < -0.39 is 30.1 Å². The number of allylic oxidation sites excluding steroid dienone is 2. The molecule has 3 heterocycles. The van der Waals surface area contributed by atoms with Crippen LogP contribution in [0.5, 0.6) is 0 Å². The van der Waals surface area contributed by atoms with Crippen LogP contribution in [0.25, 0.3) is 45.6 Å². The third-order valence-electron chi connectivity index (χ3n) is 12.7. The molecule has 9 rings (SSSR count). The molecule has 0 spiro atoms. The molecule has 0 saturated carbocycles. The molecule has 6 heteroatoms. The zero-order valence-electron chi connectivity index (χ0n) is 32.9. The zero-order chi connectivity index (χ0) is 38.5. The summed E-state index contributed by atoms with van der Waals surface area (Å²) in [6.07, 6.45) is 5.03. The van der Waals surface area contributed by atoms with Crippen LogP contribution >= 0.6 is 23.2 Å². The molecule has 276 valence electrons. The average molecular weight is 857 g/mol. The van der Waals surface area contributed by atoms with Gasteiger partial charge in [-0.15, -0.1) is 0 Å². The van der Waals surface area contributed by atoms with Crippen LogP contribution < -0.4 is 0 Å². The predicted octanol–water partition coefficient (Wildman–Crippen LogP) is 14.4. The Balaban J connectivity index is 1.38. The maximum absolute atomic E-state index is 7.07. The Morgan fingerprint density at radius 3 is 1.31 bits per heavy atom. The molecule has 0 amide bonds. The summed E-state index contributed by atoms with van der Waals surface area (Å²) in [7, 11) is 0. The third kappa shape index (κ3) is 6.22. The Morgan fingerprint density at radius 1 is 0.564 bits per heavy atom. The summed E-state index contributed by atoms with van der Waals surface area (Å²) in [5.74, 6) is 3.98. The van der Waals surface area contributed by atoms with Gasteiger partial charge >= 0.3 is 346 Å². The molecule has 1 aliphatic heterocycles. The van der Waals surface area contributed by atoms with Crippen LogP contribution in [0.4, 0.5) is 0 Å². The predicted molar refractivity (Wildman–Crippen MR) is 230 cm³/mol. The van der Waals surface area contributed by atoms with Crippen LogP contribution in [0, 0.1) is 55.4 Å². The zero-order valence-corrected chi connectivity index (χ0v) is 37.8. The summed E-state index contributed by atoms with van der Waals surface area (Å²) in [6, 6.07) is 33.4. The topological polar surface area (TPSA) is 26.3 Å². The minimum atomic E-state index is -2.91. The molecule has 4 aromatic carbocycles. The fourth-order valence-corrected chi connectivity index (χ4v) is 40.5. The summed E-state index contributed by atoms with van der Waals surface area (Å²) < 4.78 is 13.3. The fraction of sp³-hybridized carbons (Fsp3) is 0.265. The molecule has 2 atom stereocenters. The number of halogens is 2. The first-order valence-electron chi connectivity index (χ1n) is 19.4. The van der Waals surface area contributed by atoms with Gasteiger partial charge in [-0.05, 0) is 0 Å². The van der Waals surface area contributed by atoms with Crippen molar-refractivity contribution in [1.29, 1.82) is 0 Å². The average Bonchev–Trinajstić information content (AvgIpc) is 3.89. The quantitative estimate of drug-likeness (QED) is 0.123. The van der Waals surface area contributed by atoms with Gasteiger partial charge in [0.2, 0.25) is 0 Å².